The summed E-state index contributed by atoms with van der Waals surface area (Å²) in [5.74, 6) is 2.46. The second-order valence-corrected chi connectivity index (χ2v) is 34.3. The Hall–Kier alpha value is -11.2. The Morgan fingerprint density at radius 3 is 1.69 bits per heavy atom. The molecule has 9 aromatic rings. The zero-order chi connectivity index (χ0) is 87.1. The molecule has 7 saturated heterocycles. The number of aromatic nitrogens is 10. The number of benzene rings is 4. The first-order valence-corrected chi connectivity index (χ1v) is 44.5. The van der Waals surface area contributed by atoms with Crippen LogP contribution in [0.2, 0.25) is 0 Å². The third-order valence-corrected chi connectivity index (χ3v) is 26.5. The number of hydrogen-bond donors (Lipinski definition) is 3. The van der Waals surface area contributed by atoms with E-state index in [1.807, 2.05) is 35.4 Å². The monoisotopic (exact) mass is 1810 g/mol. The number of piperazine rings is 3. The number of aromatic hydroxyl groups is 1. The number of alkyl halides is 3. The zero-order valence-electron chi connectivity index (χ0n) is 73.0. The summed E-state index contributed by atoms with van der Waals surface area (Å²) < 4.78 is 66.8. The number of phenols is 1. The summed E-state index contributed by atoms with van der Waals surface area (Å²) in [7, 11) is 2.12. The molecule has 0 saturated carbocycles. The van der Waals surface area contributed by atoms with E-state index >= 15 is 0 Å². The molecule has 3 amide bonds. The number of likely N-dealkylation sites (tertiary alicyclic amines) is 3. The van der Waals surface area contributed by atoms with Crippen LogP contribution >= 0.6 is 27.0 Å². The summed E-state index contributed by atoms with van der Waals surface area (Å²) in [6, 6.07) is 22.4. The number of piperidine rings is 1. The lowest BCUT2D eigenvalue weighted by atomic mass is 10.0. The van der Waals surface area contributed by atoms with Crippen LogP contribution in [0, 0.1) is 18.3 Å². The quantitative estimate of drug-likeness (QED) is 0.0396. The maximum Gasteiger partial charge on any atom is 0.418 e. The van der Waals surface area contributed by atoms with Crippen molar-refractivity contribution in [1.82, 2.24) is 79.7 Å². The van der Waals surface area contributed by atoms with E-state index in [2.05, 4.69) is 118 Å². The molecule has 0 aliphatic carbocycles. The Labute approximate surface area is 765 Å². The molecule has 31 nitrogen and oxygen atoms in total. The lowest BCUT2D eigenvalue weighted by Gasteiger charge is -2.42. The van der Waals surface area contributed by atoms with E-state index in [0.717, 1.165) is 190 Å². The summed E-state index contributed by atoms with van der Waals surface area (Å²) >= 11 is 0. The van der Waals surface area contributed by atoms with Crippen LogP contribution in [0.5, 0.6) is 23.8 Å². The van der Waals surface area contributed by atoms with Gasteiger partial charge in [0.1, 0.15) is 29.8 Å². The van der Waals surface area contributed by atoms with Gasteiger partial charge in [-0.2, -0.15) is 85.5 Å². The van der Waals surface area contributed by atoms with Crippen LogP contribution in [0.4, 0.5) is 47.7 Å². The van der Waals surface area contributed by atoms with E-state index in [1.54, 1.807) is 20.8 Å². The number of phenolic OH excluding ortho intramolecular Hbond substituents is 1. The number of nitrogens with zero attached hydrogens (tertiary/aromatic N) is 21. The van der Waals surface area contributed by atoms with Gasteiger partial charge < -0.3 is 78.0 Å². The minimum absolute atomic E-state index is 0. The summed E-state index contributed by atoms with van der Waals surface area (Å²) in [4.78, 5) is 91.9. The number of aromatic amines is 2. The third-order valence-electron chi connectivity index (χ3n) is 26.5. The predicted molar refractivity (Wildman–Crippen MR) is 503 cm³/mol. The first-order valence-electron chi connectivity index (χ1n) is 44.5. The van der Waals surface area contributed by atoms with Crippen LogP contribution in [0.1, 0.15) is 110 Å². The van der Waals surface area contributed by atoms with Gasteiger partial charge in [-0.25, -0.2) is 0 Å². The van der Waals surface area contributed by atoms with Crippen molar-refractivity contribution in [3.8, 4) is 29.9 Å². The second kappa shape index (κ2) is 42.1. The lowest BCUT2D eigenvalue weighted by Crippen LogP contribution is -2.55. The molecule has 129 heavy (non-hydrogen) atoms. The van der Waals surface area contributed by atoms with Crippen molar-refractivity contribution in [2.75, 3.05) is 194 Å². The molecule has 15 heterocycles. The summed E-state index contributed by atoms with van der Waals surface area (Å²) in [5.41, 5.74) is 10.1. The highest BCUT2D eigenvalue weighted by Gasteiger charge is 2.42. The maximum absolute atomic E-state index is 14.2. The van der Waals surface area contributed by atoms with Crippen molar-refractivity contribution in [3.05, 3.63) is 156 Å². The highest BCUT2D eigenvalue weighted by atomic mass is 32.1. The van der Waals surface area contributed by atoms with Crippen LogP contribution in [-0.4, -0.2) is 291 Å². The molecule has 36 heteroatoms. The van der Waals surface area contributed by atoms with Crippen LogP contribution in [0.25, 0.3) is 32.6 Å². The van der Waals surface area contributed by atoms with Gasteiger partial charge >= 0.3 is 24.2 Å². The highest BCUT2D eigenvalue weighted by molar-refractivity contribution is 7.59. The molecule has 688 valence electrons. The van der Waals surface area contributed by atoms with Gasteiger partial charge in [-0.05, 0) is 151 Å². The van der Waals surface area contributed by atoms with Gasteiger partial charge in [0.15, 0.2) is 0 Å². The molecule has 10 aliphatic rings. The Kier molecular flexibility index (Phi) is 30.7. The highest BCUT2D eigenvalue weighted by Crippen LogP contribution is 2.45. The second-order valence-electron chi connectivity index (χ2n) is 34.3. The normalized spacial score (nSPS) is 20.0. The smallest absolute Gasteiger partial charge is 0.418 e. The van der Waals surface area contributed by atoms with Gasteiger partial charge in [-0.1, -0.05) is 63.9 Å². The van der Waals surface area contributed by atoms with Crippen molar-refractivity contribution in [2.24, 2.45) is 0 Å². The number of nitriles is 1. The van der Waals surface area contributed by atoms with E-state index in [9.17, 15) is 37.9 Å². The Balaban J connectivity index is 0.000000155. The number of ether oxygens (including phenoxy) is 4. The Morgan fingerprint density at radius 2 is 1.13 bits per heavy atom. The minimum Gasteiger partial charge on any atom is -0.508 e. The minimum atomic E-state index is -4.52. The van der Waals surface area contributed by atoms with Crippen molar-refractivity contribution in [2.45, 2.75) is 141 Å². The Morgan fingerprint density at radius 1 is 0.589 bits per heavy atom. The summed E-state index contributed by atoms with van der Waals surface area (Å²) in [6.45, 7) is 31.6. The van der Waals surface area contributed by atoms with Gasteiger partial charge in [0.05, 0.1) is 122 Å². The number of morpholine rings is 1. The average molecular weight is 1810 g/mol. The molecule has 0 spiro atoms. The topological polar surface area (TPSA) is 306 Å². The zero-order valence-corrected chi connectivity index (χ0v) is 75.0. The fourth-order valence-electron chi connectivity index (χ4n) is 19.8. The number of hydrogen-bond acceptors (Lipinski definition) is 26. The van der Waals surface area contributed by atoms with Crippen molar-refractivity contribution in [3.63, 3.8) is 0 Å². The van der Waals surface area contributed by atoms with E-state index in [4.69, 9.17) is 48.9 Å². The Bertz CT molecular complexity index is 5520. The van der Waals surface area contributed by atoms with Crippen molar-refractivity contribution in [1.29, 1.82) is 5.26 Å². The van der Waals surface area contributed by atoms with E-state index in [-0.39, 0.29) is 88.6 Å². The van der Waals surface area contributed by atoms with Crippen LogP contribution in [0.3, 0.4) is 0 Å². The van der Waals surface area contributed by atoms with Crippen LogP contribution < -0.4 is 43.6 Å². The van der Waals surface area contributed by atoms with E-state index in [0.29, 0.717) is 152 Å². The van der Waals surface area contributed by atoms with E-state index < -0.39 is 11.7 Å². The molecule has 2 bridgehead atoms. The lowest BCUT2D eigenvalue weighted by molar-refractivity contribution is -0.137. The average Bonchev–Trinajstić information content (AvgIpc) is 1.17. The maximum atomic E-state index is 14.2. The number of carbonyl (C=O) groups is 3. The largest absolute Gasteiger partial charge is 0.508 e. The van der Waals surface area contributed by atoms with Gasteiger partial charge in [0.25, 0.3) is 0 Å². The fourth-order valence-corrected chi connectivity index (χ4v) is 19.8. The molecule has 5 aromatic heterocycles. The molecule has 3 N–H and O–H groups in total. The number of nitrogens with one attached hydrogen (secondary N) is 2. The molecule has 4 atom stereocenters. The molecule has 10 aliphatic heterocycles. The van der Waals surface area contributed by atoms with Gasteiger partial charge in [-0.3, -0.25) is 29.5 Å². The number of halogens is 3. The van der Waals surface area contributed by atoms with Gasteiger partial charge in [0, 0.05) is 168 Å². The summed E-state index contributed by atoms with van der Waals surface area (Å²) in [5, 5.41) is 37.8. The van der Waals surface area contributed by atoms with Crippen molar-refractivity contribution < 1.29 is 51.6 Å². The molecule has 19 rings (SSSR count). The molecule has 0 radical (unpaired) electrons. The first-order chi connectivity index (χ1) is 61.3. The third kappa shape index (κ3) is 21.0. The van der Waals surface area contributed by atoms with Crippen LogP contribution in [0.15, 0.2) is 111 Å². The predicted octanol–water partition coefficient (Wildman–Crippen LogP) is 10.7. The van der Waals surface area contributed by atoms with Gasteiger partial charge in [0.2, 0.25) is 17.7 Å². The van der Waals surface area contributed by atoms with Crippen LogP contribution in [-0.2, 0) is 64.2 Å². The number of rotatable bonds is 23. The number of amides is 3. The number of aryl methyl sites for hydroxylation is 1. The number of fused-ring (bicyclic) bond motifs is 8. The number of H-pyrrole nitrogens is 2. The number of carbonyl (C=O) groups excluding carboxylic acids is 3. The van der Waals surface area contributed by atoms with Crippen molar-refractivity contribution >= 4 is 112 Å². The first kappa shape index (κ1) is 93.9. The number of anilines is 6. The molecule has 1 unspecified atom stereocenters. The SMILES string of the molecule is C.C=CC(=O)N1CCN(c2nc(OCCCN3CCCCC3)nc3c2CCN(c2c(C(F)(F)F)ccc4[nH]ncc24)C3)CC1.C=CC(=O)N1CCN(c2nc(OCCCN3C[C@@H]4C[C@H]3CO4)nc3c2CCN(c2c(C)ccc4[nH]ncc24)C3)CC1.C=CC(=O)N1CCN(c2nc(OC[C@@H]3CCCN3C)nc3c2CCN(c2cc(O)cc4ccccc24)C3)CC1CC#N.S.S. The molecular formula is C93H120F3N23O8S2. The summed E-state index contributed by atoms with van der Waals surface area (Å²) in [6.07, 6.45) is 14.4. The fraction of sp³-hybridized carbons (Fsp3) is 0.505. The molecule has 4 aromatic carbocycles. The molecular weight excluding hydrogens is 1690 g/mol. The standard InChI is InChI=1S/C32H37N7O3.C30H37F3N8O2.C30H38N8O3.CH4.2H2S/c1-3-30(41)39-16-15-38(19-23(39)10-12-33)31-27-11-14-37(29-18-25(40)17-22-7-4-5-9-26(22)29)20-28(27)34-32(35-31)42-21-24-8-6-13-36(24)2;1-2-26(42)39-14-16-40(17-15-39)28-21-9-13-41(27-22-19-34-37-24(22)8-7-23(27)30(31,32)33)20-25(21)35-29(36-28)43-18-6-12-38-10-4-3-5-11-38;1-3-27(39)35-10-12-36(13-11-35)29-23-7-9-38(28-20(2)5-6-25-24(28)16-31-34-25)18-26(23)32-30(33-29)40-14-4-8-37-17-22-15-21(37)19-41-22;;;/h3-5,7,9,17-18,23-24,40H,1,6,8,10-11,13-16,19-21H2,2H3;2,7-8,19H,1,3-6,9-18,20H2,(H,34,37);3,5-6,16,21-22H,1,4,7-15,17-19H2,2H3,(H,31,34);1H4;2*1H2/t23?,24-;;21-,22-;;;/m0.0.../s1. The van der Waals surface area contributed by atoms with E-state index in [1.165, 1.54) is 66.6 Å². The molecule has 7 fully saturated rings. The van der Waals surface area contributed by atoms with Gasteiger partial charge in [-0.15, -0.1) is 0 Å². The number of likely N-dealkylation sites (N-methyl/N-ethyl adjacent to an activating group) is 1.